The van der Waals surface area contributed by atoms with Crippen LogP contribution in [0.15, 0.2) is 71.9 Å². The van der Waals surface area contributed by atoms with Crippen LogP contribution in [0.5, 0.6) is 5.75 Å². The second-order valence-electron chi connectivity index (χ2n) is 7.56. The van der Waals surface area contributed by atoms with Crippen LogP contribution in [-0.2, 0) is 4.79 Å². The summed E-state index contributed by atoms with van der Waals surface area (Å²) in [7, 11) is 1.62. The molecule has 168 valence electrons. The van der Waals surface area contributed by atoms with E-state index >= 15 is 0 Å². The van der Waals surface area contributed by atoms with Crippen molar-refractivity contribution in [3.63, 3.8) is 0 Å². The van der Waals surface area contributed by atoms with Crippen molar-refractivity contribution in [1.29, 1.82) is 0 Å². The molecule has 0 fully saturated rings. The zero-order valence-electron chi connectivity index (χ0n) is 18.5. The smallest absolute Gasteiger partial charge is 0.234 e. The maximum atomic E-state index is 12.6. The van der Waals surface area contributed by atoms with Gasteiger partial charge in [0.05, 0.1) is 12.9 Å². The molecular weight excluding hydrogens is 456 g/mol. The molecule has 1 aromatic heterocycles. The van der Waals surface area contributed by atoms with Gasteiger partial charge >= 0.3 is 0 Å². The van der Waals surface area contributed by atoms with Crippen LogP contribution in [-0.4, -0.2) is 33.5 Å². The first-order valence-electron chi connectivity index (χ1n) is 10.3. The third kappa shape index (κ3) is 5.56. The molecule has 0 aliphatic rings. The van der Waals surface area contributed by atoms with Gasteiger partial charge in [-0.2, -0.15) is 0 Å². The first-order chi connectivity index (χ1) is 15.9. The summed E-state index contributed by atoms with van der Waals surface area (Å²) in [6.07, 6.45) is 0. The molecule has 0 radical (unpaired) electrons. The fourth-order valence-corrected chi connectivity index (χ4v) is 4.39. The Hall–Kier alpha value is -3.29. The number of nitrogens with zero attached hydrogens (tertiary/aromatic N) is 3. The van der Waals surface area contributed by atoms with Crippen LogP contribution >= 0.6 is 23.4 Å². The molecule has 6 nitrogen and oxygen atoms in total. The van der Waals surface area contributed by atoms with Gasteiger partial charge in [-0.15, -0.1) is 10.2 Å². The molecule has 0 aliphatic carbocycles. The predicted molar refractivity (Wildman–Crippen MR) is 134 cm³/mol. The highest BCUT2D eigenvalue weighted by Crippen LogP contribution is 2.30. The van der Waals surface area contributed by atoms with Crippen molar-refractivity contribution >= 4 is 35.0 Å². The van der Waals surface area contributed by atoms with Crippen molar-refractivity contribution in [2.75, 3.05) is 18.2 Å². The van der Waals surface area contributed by atoms with Gasteiger partial charge in [0.15, 0.2) is 11.0 Å². The molecule has 0 bridgehead atoms. The van der Waals surface area contributed by atoms with Gasteiger partial charge in [0.25, 0.3) is 0 Å². The van der Waals surface area contributed by atoms with E-state index in [2.05, 4.69) is 21.6 Å². The third-order valence-corrected chi connectivity index (χ3v) is 6.06. The normalized spacial score (nSPS) is 10.8. The van der Waals surface area contributed by atoms with Crippen molar-refractivity contribution in [3.05, 3.63) is 82.9 Å². The number of nitrogens with one attached hydrogen (secondary N) is 1. The van der Waals surface area contributed by atoms with Crippen LogP contribution < -0.4 is 10.1 Å². The summed E-state index contributed by atoms with van der Waals surface area (Å²) in [5.41, 5.74) is 4.68. The first-order valence-corrected chi connectivity index (χ1v) is 11.7. The Morgan fingerprint density at radius 3 is 2.45 bits per heavy atom. The fraction of sp³-hybridized carbons (Fsp3) is 0.160. The average Bonchev–Trinajstić information content (AvgIpc) is 3.21. The third-order valence-electron chi connectivity index (χ3n) is 4.88. The number of methoxy groups -OCH3 is 1. The van der Waals surface area contributed by atoms with Crippen LogP contribution in [0, 0.1) is 13.8 Å². The largest absolute Gasteiger partial charge is 0.497 e. The zero-order chi connectivity index (χ0) is 23.4. The number of carbonyl (C=O) groups excluding carboxylic acids is 1. The molecule has 0 aliphatic heterocycles. The lowest BCUT2D eigenvalue weighted by molar-refractivity contribution is -0.113. The summed E-state index contributed by atoms with van der Waals surface area (Å²) in [6, 6.07) is 21.0. The van der Waals surface area contributed by atoms with Gasteiger partial charge in [-0.05, 0) is 73.5 Å². The van der Waals surface area contributed by atoms with Gasteiger partial charge in [0.2, 0.25) is 5.91 Å². The minimum atomic E-state index is -0.112. The van der Waals surface area contributed by atoms with E-state index in [0.29, 0.717) is 16.0 Å². The predicted octanol–water partition coefficient (Wildman–Crippen LogP) is 5.94. The Bertz CT molecular complexity index is 1270. The summed E-state index contributed by atoms with van der Waals surface area (Å²) in [5, 5.41) is 13.0. The lowest BCUT2D eigenvalue weighted by Gasteiger charge is -2.11. The zero-order valence-corrected chi connectivity index (χ0v) is 20.1. The van der Waals surface area contributed by atoms with E-state index in [1.165, 1.54) is 11.8 Å². The van der Waals surface area contributed by atoms with Gasteiger partial charge < -0.3 is 10.1 Å². The number of amides is 1. The summed E-state index contributed by atoms with van der Waals surface area (Å²) in [6.45, 7) is 4.01. The molecule has 0 atom stereocenters. The van der Waals surface area contributed by atoms with Crippen molar-refractivity contribution in [2.45, 2.75) is 19.0 Å². The molecule has 0 unspecified atom stereocenters. The van der Waals surface area contributed by atoms with Crippen molar-refractivity contribution in [1.82, 2.24) is 14.8 Å². The number of thioether (sulfide) groups is 1. The average molecular weight is 479 g/mol. The molecule has 0 spiro atoms. The molecule has 33 heavy (non-hydrogen) atoms. The monoisotopic (exact) mass is 478 g/mol. The van der Waals surface area contributed by atoms with Crippen LogP contribution in [0.2, 0.25) is 5.02 Å². The highest BCUT2D eigenvalue weighted by molar-refractivity contribution is 7.99. The second-order valence-corrected chi connectivity index (χ2v) is 8.94. The van der Waals surface area contributed by atoms with Crippen molar-refractivity contribution in [2.24, 2.45) is 0 Å². The number of carbonyl (C=O) groups is 1. The minimum absolute atomic E-state index is 0.112. The van der Waals surface area contributed by atoms with Crippen LogP contribution in [0.25, 0.3) is 17.1 Å². The van der Waals surface area contributed by atoms with E-state index < -0.39 is 0 Å². The topological polar surface area (TPSA) is 69.0 Å². The van der Waals surface area contributed by atoms with Crippen LogP contribution in [0.1, 0.15) is 11.1 Å². The van der Waals surface area contributed by atoms with E-state index in [4.69, 9.17) is 16.3 Å². The quantitative estimate of drug-likeness (QED) is 0.333. The molecule has 4 aromatic rings. The molecule has 1 amide bonds. The van der Waals surface area contributed by atoms with E-state index in [1.54, 1.807) is 7.11 Å². The first kappa shape index (κ1) is 22.9. The number of rotatable bonds is 7. The summed E-state index contributed by atoms with van der Waals surface area (Å²) < 4.78 is 7.28. The van der Waals surface area contributed by atoms with Gasteiger partial charge in [-0.3, -0.25) is 9.36 Å². The Morgan fingerprint density at radius 1 is 1.03 bits per heavy atom. The Labute approximate surface area is 202 Å². The number of anilines is 1. The molecule has 8 heteroatoms. The lowest BCUT2D eigenvalue weighted by Crippen LogP contribution is -2.14. The highest BCUT2D eigenvalue weighted by Gasteiger charge is 2.18. The number of aryl methyl sites for hydroxylation is 2. The van der Waals surface area contributed by atoms with E-state index in [0.717, 1.165) is 33.8 Å². The molecule has 1 heterocycles. The van der Waals surface area contributed by atoms with Crippen molar-refractivity contribution < 1.29 is 9.53 Å². The number of aromatic nitrogens is 3. The van der Waals surface area contributed by atoms with Crippen molar-refractivity contribution in [3.8, 4) is 22.8 Å². The Kier molecular flexibility index (Phi) is 7.01. The van der Waals surface area contributed by atoms with Gasteiger partial charge in [0, 0.05) is 22.0 Å². The number of hydrogen-bond acceptors (Lipinski definition) is 5. The van der Waals surface area contributed by atoms with E-state index in [-0.39, 0.29) is 11.7 Å². The van der Waals surface area contributed by atoms with Gasteiger partial charge in [-0.25, -0.2) is 0 Å². The number of hydrogen-bond donors (Lipinski definition) is 1. The summed E-state index contributed by atoms with van der Waals surface area (Å²) in [4.78, 5) is 12.6. The van der Waals surface area contributed by atoms with Gasteiger partial charge in [0.1, 0.15) is 5.75 Å². The van der Waals surface area contributed by atoms with Crippen LogP contribution in [0.4, 0.5) is 5.69 Å². The summed E-state index contributed by atoms with van der Waals surface area (Å²) in [5.74, 6) is 1.45. The SMILES string of the molecule is COc1cccc(-c2nnc(SCC(=O)Nc3cc(C)cc(C)c3)n2-c2ccc(Cl)cc2)c1. The molecule has 1 N–H and O–H groups in total. The molecule has 4 rings (SSSR count). The van der Waals surface area contributed by atoms with E-state index in [1.807, 2.05) is 79.1 Å². The standard InChI is InChI=1S/C25H23ClN4O2S/c1-16-11-17(2)13-20(12-16)27-23(31)15-33-25-29-28-24(18-5-4-6-22(14-18)32-3)30(25)21-9-7-19(26)8-10-21/h4-14H,15H2,1-3H3,(H,27,31). The molecular formula is C25H23ClN4O2S. The molecule has 0 saturated heterocycles. The summed E-state index contributed by atoms with van der Waals surface area (Å²) >= 11 is 7.42. The number of ether oxygens (including phenoxy) is 1. The number of benzene rings is 3. The Morgan fingerprint density at radius 2 is 1.76 bits per heavy atom. The minimum Gasteiger partial charge on any atom is -0.497 e. The maximum absolute atomic E-state index is 12.6. The lowest BCUT2D eigenvalue weighted by atomic mass is 10.1. The highest BCUT2D eigenvalue weighted by atomic mass is 35.5. The number of halogens is 1. The molecule has 0 saturated carbocycles. The van der Waals surface area contributed by atoms with Gasteiger partial charge in [-0.1, -0.05) is 41.6 Å². The molecule has 3 aromatic carbocycles. The van der Waals surface area contributed by atoms with Crippen LogP contribution in [0.3, 0.4) is 0 Å². The second kappa shape index (κ2) is 10.1. The van der Waals surface area contributed by atoms with E-state index in [9.17, 15) is 4.79 Å². The maximum Gasteiger partial charge on any atom is 0.234 e. The Balaban J connectivity index is 1.61. The fourth-order valence-electron chi connectivity index (χ4n) is 3.51.